The molecule has 2 heterocycles. The molecule has 34 heavy (non-hydrogen) atoms. The van der Waals surface area contributed by atoms with Gasteiger partial charge in [-0.05, 0) is 36.8 Å². The van der Waals surface area contributed by atoms with E-state index >= 15 is 0 Å². The summed E-state index contributed by atoms with van der Waals surface area (Å²) < 4.78 is 66.0. The van der Waals surface area contributed by atoms with Gasteiger partial charge in [-0.3, -0.25) is 4.79 Å². The van der Waals surface area contributed by atoms with Crippen molar-refractivity contribution in [3.05, 3.63) is 71.2 Å². The number of pyridine rings is 1. The number of carbonyl (C=O) groups is 1. The predicted octanol–water partition coefficient (Wildman–Crippen LogP) is 3.56. The van der Waals surface area contributed by atoms with Gasteiger partial charge in [-0.25, -0.2) is 18.1 Å². The first kappa shape index (κ1) is 25.4. The lowest BCUT2D eigenvalue weighted by atomic mass is 10.2. The molecule has 3 aromatic rings. The molecule has 2 aromatic heterocycles. The molecule has 3 rings (SSSR count). The van der Waals surface area contributed by atoms with Crippen molar-refractivity contribution in [2.24, 2.45) is 0 Å². The van der Waals surface area contributed by atoms with Crippen LogP contribution in [0.3, 0.4) is 0 Å². The molecular formula is C22H24F3N5O3S. The number of amides is 1. The Hall–Kier alpha value is -3.25. The summed E-state index contributed by atoms with van der Waals surface area (Å²) in [5.74, 6) is -0.287. The maximum absolute atomic E-state index is 12.7. The summed E-state index contributed by atoms with van der Waals surface area (Å²) in [5, 5.41) is 6.80. The molecule has 0 bridgehead atoms. The van der Waals surface area contributed by atoms with Gasteiger partial charge >= 0.3 is 6.18 Å². The van der Waals surface area contributed by atoms with E-state index in [-0.39, 0.29) is 22.8 Å². The number of benzene rings is 1. The highest BCUT2D eigenvalue weighted by Gasteiger charge is 2.31. The SMILES string of the molecule is CCN(CC)S(=O)(=O)c1ccc(CNC(=O)c2cnn(-c3ccc(C(F)(F)F)cn3)c2C)cc1. The number of alkyl halides is 3. The zero-order chi connectivity index (χ0) is 25.1. The summed E-state index contributed by atoms with van der Waals surface area (Å²) in [6.07, 6.45) is -2.48. The van der Waals surface area contributed by atoms with Gasteiger partial charge in [0.2, 0.25) is 10.0 Å². The molecule has 8 nitrogen and oxygen atoms in total. The Morgan fingerprint density at radius 3 is 2.24 bits per heavy atom. The van der Waals surface area contributed by atoms with Crippen molar-refractivity contribution in [3.8, 4) is 5.82 Å². The quantitative estimate of drug-likeness (QED) is 0.516. The fraction of sp³-hybridized carbons (Fsp3) is 0.318. The zero-order valence-electron chi connectivity index (χ0n) is 18.8. The smallest absolute Gasteiger partial charge is 0.348 e. The number of sulfonamides is 1. The summed E-state index contributed by atoms with van der Waals surface area (Å²) in [4.78, 5) is 16.6. The van der Waals surface area contributed by atoms with Gasteiger partial charge in [0.05, 0.1) is 27.9 Å². The Labute approximate surface area is 195 Å². The van der Waals surface area contributed by atoms with Crippen LogP contribution in [0.1, 0.15) is 41.0 Å². The third-order valence-electron chi connectivity index (χ3n) is 5.27. The first-order chi connectivity index (χ1) is 16.0. The van der Waals surface area contributed by atoms with Crippen molar-refractivity contribution in [2.45, 2.75) is 38.4 Å². The highest BCUT2D eigenvalue weighted by Crippen LogP contribution is 2.28. The topological polar surface area (TPSA) is 97.2 Å². The van der Waals surface area contributed by atoms with Crippen LogP contribution in [-0.2, 0) is 22.7 Å². The van der Waals surface area contributed by atoms with E-state index in [0.717, 1.165) is 6.07 Å². The predicted molar refractivity (Wildman–Crippen MR) is 119 cm³/mol. The molecule has 1 aromatic carbocycles. The van der Waals surface area contributed by atoms with Crippen molar-refractivity contribution >= 4 is 15.9 Å². The number of hydrogen-bond acceptors (Lipinski definition) is 5. The molecule has 0 aliphatic carbocycles. The summed E-state index contributed by atoms with van der Waals surface area (Å²) in [6.45, 7) is 6.02. The third kappa shape index (κ3) is 5.28. The van der Waals surface area contributed by atoms with Crippen molar-refractivity contribution in [1.29, 1.82) is 0 Å². The standard InChI is InChI=1S/C22H24F3N5O3S/c1-4-29(5-2)34(32,33)18-9-6-16(7-10-18)12-27-21(31)19-14-28-30(15(19)3)20-11-8-17(13-26-20)22(23,24)25/h6-11,13-14H,4-5,12H2,1-3H3,(H,27,31). The van der Waals surface area contributed by atoms with Crippen molar-refractivity contribution in [1.82, 2.24) is 24.4 Å². The van der Waals surface area contributed by atoms with E-state index in [1.165, 1.54) is 33.4 Å². The van der Waals surface area contributed by atoms with E-state index in [1.807, 2.05) is 0 Å². The van der Waals surface area contributed by atoms with Crippen LogP contribution in [0.25, 0.3) is 5.82 Å². The van der Waals surface area contributed by atoms with Gasteiger partial charge < -0.3 is 5.32 Å². The minimum atomic E-state index is -4.50. The minimum Gasteiger partial charge on any atom is -0.348 e. The fourth-order valence-corrected chi connectivity index (χ4v) is 4.77. The molecule has 1 amide bonds. The number of halogens is 3. The lowest BCUT2D eigenvalue weighted by Gasteiger charge is -2.18. The van der Waals surface area contributed by atoms with Gasteiger partial charge in [0.1, 0.15) is 0 Å². The lowest BCUT2D eigenvalue weighted by molar-refractivity contribution is -0.137. The molecule has 0 unspecified atom stereocenters. The molecule has 0 atom stereocenters. The van der Waals surface area contributed by atoms with Crippen molar-refractivity contribution in [3.63, 3.8) is 0 Å². The summed E-state index contributed by atoms with van der Waals surface area (Å²) in [6, 6.07) is 8.31. The van der Waals surface area contributed by atoms with E-state index < -0.39 is 27.7 Å². The van der Waals surface area contributed by atoms with Gasteiger partial charge in [-0.2, -0.15) is 22.6 Å². The van der Waals surface area contributed by atoms with Crippen LogP contribution in [0.4, 0.5) is 13.2 Å². The second kappa shape index (κ2) is 9.94. The van der Waals surface area contributed by atoms with Gasteiger partial charge in [0, 0.05) is 25.8 Å². The van der Waals surface area contributed by atoms with E-state index in [2.05, 4.69) is 15.4 Å². The largest absolute Gasteiger partial charge is 0.417 e. The average Bonchev–Trinajstić information content (AvgIpc) is 3.19. The van der Waals surface area contributed by atoms with Crippen LogP contribution < -0.4 is 5.32 Å². The molecule has 0 aliphatic rings. The van der Waals surface area contributed by atoms with Crippen molar-refractivity contribution < 1.29 is 26.4 Å². The van der Waals surface area contributed by atoms with Crippen LogP contribution in [0, 0.1) is 6.92 Å². The van der Waals surface area contributed by atoms with Crippen LogP contribution >= 0.6 is 0 Å². The molecule has 0 spiro atoms. The monoisotopic (exact) mass is 495 g/mol. The number of nitrogens with one attached hydrogen (secondary N) is 1. The Kier molecular flexibility index (Phi) is 7.41. The number of hydrogen-bond donors (Lipinski definition) is 1. The lowest BCUT2D eigenvalue weighted by Crippen LogP contribution is -2.30. The van der Waals surface area contributed by atoms with Gasteiger partial charge in [0.15, 0.2) is 5.82 Å². The highest BCUT2D eigenvalue weighted by molar-refractivity contribution is 7.89. The molecule has 0 aliphatic heterocycles. The van der Waals surface area contributed by atoms with Crippen LogP contribution in [0.15, 0.2) is 53.7 Å². The van der Waals surface area contributed by atoms with Gasteiger partial charge in [-0.1, -0.05) is 26.0 Å². The van der Waals surface area contributed by atoms with Gasteiger partial charge in [0.25, 0.3) is 5.91 Å². The summed E-state index contributed by atoms with van der Waals surface area (Å²) in [7, 11) is -3.57. The molecule has 0 fully saturated rings. The Balaban J connectivity index is 1.69. The minimum absolute atomic E-state index is 0.146. The maximum Gasteiger partial charge on any atom is 0.417 e. The maximum atomic E-state index is 12.7. The molecule has 0 radical (unpaired) electrons. The van der Waals surface area contributed by atoms with E-state index in [9.17, 15) is 26.4 Å². The zero-order valence-corrected chi connectivity index (χ0v) is 19.6. The molecule has 0 saturated heterocycles. The number of rotatable bonds is 8. The van der Waals surface area contributed by atoms with Crippen LogP contribution in [-0.4, -0.2) is 46.5 Å². The second-order valence-electron chi connectivity index (χ2n) is 7.37. The number of aromatic nitrogens is 3. The van der Waals surface area contributed by atoms with E-state index in [0.29, 0.717) is 30.5 Å². The molecule has 12 heteroatoms. The molecule has 182 valence electrons. The molecule has 0 saturated carbocycles. The first-order valence-electron chi connectivity index (χ1n) is 10.4. The summed E-state index contributed by atoms with van der Waals surface area (Å²) >= 11 is 0. The highest BCUT2D eigenvalue weighted by atomic mass is 32.2. The Morgan fingerprint density at radius 2 is 1.71 bits per heavy atom. The van der Waals surface area contributed by atoms with Crippen LogP contribution in [0.2, 0.25) is 0 Å². The number of nitrogens with zero attached hydrogens (tertiary/aromatic N) is 4. The second-order valence-corrected chi connectivity index (χ2v) is 9.31. The normalized spacial score (nSPS) is 12.2. The first-order valence-corrected chi connectivity index (χ1v) is 11.9. The Bertz CT molecular complexity index is 1250. The Morgan fingerprint density at radius 1 is 1.06 bits per heavy atom. The summed E-state index contributed by atoms with van der Waals surface area (Å²) in [5.41, 5.74) is 0.462. The molecular weight excluding hydrogens is 471 g/mol. The third-order valence-corrected chi connectivity index (χ3v) is 7.33. The van der Waals surface area contributed by atoms with E-state index in [4.69, 9.17) is 0 Å². The number of carbonyl (C=O) groups excluding carboxylic acids is 1. The van der Waals surface area contributed by atoms with Crippen LogP contribution in [0.5, 0.6) is 0 Å². The molecule has 1 N–H and O–H groups in total. The fourth-order valence-electron chi connectivity index (χ4n) is 3.31. The average molecular weight is 496 g/mol. The van der Waals surface area contributed by atoms with Crippen molar-refractivity contribution in [2.75, 3.05) is 13.1 Å². The van der Waals surface area contributed by atoms with Gasteiger partial charge in [-0.15, -0.1) is 0 Å². The van der Waals surface area contributed by atoms with E-state index in [1.54, 1.807) is 32.9 Å².